The first-order valence-corrected chi connectivity index (χ1v) is 9.12. The lowest BCUT2D eigenvalue weighted by Gasteiger charge is -2.18. The Labute approximate surface area is 145 Å². The second-order valence-electron chi connectivity index (χ2n) is 4.30. The molecule has 3 nitrogen and oxygen atoms in total. The second-order valence-corrected chi connectivity index (χ2v) is 6.95. The molecule has 1 atom stereocenters. The predicted octanol–water partition coefficient (Wildman–Crippen LogP) is 5.12. The van der Waals surface area contributed by atoms with Crippen LogP contribution in [0.4, 0.5) is 0 Å². The highest BCUT2D eigenvalue weighted by molar-refractivity contribution is 9.10. The smallest absolute Gasteiger partial charge is 0.162 e. The van der Waals surface area contributed by atoms with Gasteiger partial charge in [-0.25, -0.2) is 0 Å². The predicted molar refractivity (Wildman–Crippen MR) is 94.5 cm³/mol. The van der Waals surface area contributed by atoms with Gasteiger partial charge in [-0.05, 0) is 58.9 Å². The van der Waals surface area contributed by atoms with Gasteiger partial charge < -0.3 is 15.2 Å². The lowest BCUT2D eigenvalue weighted by Crippen LogP contribution is -2.12. The van der Waals surface area contributed by atoms with Crippen LogP contribution in [0.25, 0.3) is 0 Å². The van der Waals surface area contributed by atoms with Gasteiger partial charge in [0.15, 0.2) is 11.5 Å². The van der Waals surface area contributed by atoms with Crippen LogP contribution in [0.15, 0.2) is 32.5 Å². The molecular weight excluding hydrogens is 418 g/mol. The average molecular weight is 435 g/mol. The van der Waals surface area contributed by atoms with Crippen LogP contribution in [0, 0.1) is 0 Å². The summed E-state index contributed by atoms with van der Waals surface area (Å²) in [7, 11) is 0. The van der Waals surface area contributed by atoms with E-state index in [0.717, 1.165) is 30.9 Å². The molecule has 0 radical (unpaired) electrons. The Balaban J connectivity index is 2.44. The molecule has 0 amide bonds. The Bertz CT molecular complexity index is 616. The fraction of sp³-hybridized carbons (Fsp3) is 0.333. The molecule has 2 aromatic rings. The second kappa shape index (κ2) is 7.63. The maximum atomic E-state index is 6.41. The van der Waals surface area contributed by atoms with E-state index in [1.165, 1.54) is 0 Å². The van der Waals surface area contributed by atoms with E-state index >= 15 is 0 Å². The maximum Gasteiger partial charge on any atom is 0.162 e. The van der Waals surface area contributed by atoms with Gasteiger partial charge in [-0.15, -0.1) is 11.3 Å². The normalized spacial score (nSPS) is 12.2. The molecule has 6 heteroatoms. The summed E-state index contributed by atoms with van der Waals surface area (Å²) in [5, 5.41) is 2.02. The molecule has 1 heterocycles. The number of ether oxygens (including phenoxy) is 2. The van der Waals surface area contributed by atoms with Gasteiger partial charge in [0.25, 0.3) is 0 Å². The molecule has 21 heavy (non-hydrogen) atoms. The molecule has 0 bridgehead atoms. The Hall–Kier alpha value is -0.560. The lowest BCUT2D eigenvalue weighted by atomic mass is 10.1. The molecule has 2 rings (SSSR count). The SMILES string of the molecule is CCOc1cc(Br)c(C(N)c2sccc2Br)cc1OCC. The molecule has 0 aliphatic heterocycles. The van der Waals surface area contributed by atoms with Crippen LogP contribution in [0.1, 0.15) is 30.3 Å². The van der Waals surface area contributed by atoms with E-state index in [9.17, 15) is 0 Å². The van der Waals surface area contributed by atoms with E-state index in [-0.39, 0.29) is 6.04 Å². The Morgan fingerprint density at radius 2 is 1.71 bits per heavy atom. The summed E-state index contributed by atoms with van der Waals surface area (Å²) in [6, 6.07) is 5.66. The minimum absolute atomic E-state index is 0.219. The highest BCUT2D eigenvalue weighted by Crippen LogP contribution is 2.40. The van der Waals surface area contributed by atoms with Crippen LogP contribution >= 0.6 is 43.2 Å². The van der Waals surface area contributed by atoms with Gasteiger partial charge in [0.1, 0.15) is 0 Å². The van der Waals surface area contributed by atoms with E-state index in [4.69, 9.17) is 15.2 Å². The van der Waals surface area contributed by atoms with Gasteiger partial charge in [-0.1, -0.05) is 15.9 Å². The number of thiophene rings is 1. The number of hydrogen-bond donors (Lipinski definition) is 1. The van der Waals surface area contributed by atoms with Gasteiger partial charge in [-0.3, -0.25) is 0 Å². The van der Waals surface area contributed by atoms with E-state index in [2.05, 4.69) is 31.9 Å². The molecule has 1 aromatic heterocycles. The van der Waals surface area contributed by atoms with Crippen LogP contribution in [-0.2, 0) is 0 Å². The quantitative estimate of drug-likeness (QED) is 0.686. The minimum atomic E-state index is -0.219. The molecule has 0 fully saturated rings. The summed E-state index contributed by atoms with van der Waals surface area (Å²) >= 11 is 8.75. The van der Waals surface area contributed by atoms with Gasteiger partial charge in [-0.2, -0.15) is 0 Å². The zero-order chi connectivity index (χ0) is 15.4. The van der Waals surface area contributed by atoms with Crippen molar-refractivity contribution in [3.63, 3.8) is 0 Å². The molecule has 0 saturated carbocycles. The fourth-order valence-corrected chi connectivity index (χ4v) is 4.20. The Kier molecular flexibility index (Phi) is 6.10. The third kappa shape index (κ3) is 3.80. The summed E-state index contributed by atoms with van der Waals surface area (Å²) in [5.74, 6) is 1.45. The molecule has 2 N–H and O–H groups in total. The molecular formula is C15H17Br2NO2S. The Morgan fingerprint density at radius 1 is 1.10 bits per heavy atom. The van der Waals surface area contributed by atoms with Crippen LogP contribution in [0.2, 0.25) is 0 Å². The molecule has 0 aliphatic carbocycles. The summed E-state index contributed by atoms with van der Waals surface area (Å²) in [6.07, 6.45) is 0. The largest absolute Gasteiger partial charge is 0.490 e. The van der Waals surface area contributed by atoms with Crippen LogP contribution in [0.5, 0.6) is 11.5 Å². The maximum absolute atomic E-state index is 6.41. The number of halogens is 2. The van der Waals surface area contributed by atoms with Crippen molar-refractivity contribution in [3.05, 3.63) is 43.0 Å². The van der Waals surface area contributed by atoms with E-state index in [1.54, 1.807) is 11.3 Å². The Morgan fingerprint density at radius 3 is 2.24 bits per heavy atom. The summed E-state index contributed by atoms with van der Waals surface area (Å²) < 4.78 is 13.2. The van der Waals surface area contributed by atoms with Crippen molar-refractivity contribution in [2.45, 2.75) is 19.9 Å². The molecule has 0 aliphatic rings. The van der Waals surface area contributed by atoms with Crippen molar-refractivity contribution in [2.75, 3.05) is 13.2 Å². The molecule has 0 saturated heterocycles. The van der Waals surface area contributed by atoms with Crippen molar-refractivity contribution in [1.82, 2.24) is 0 Å². The number of nitrogens with two attached hydrogens (primary N) is 1. The summed E-state index contributed by atoms with van der Waals surface area (Å²) in [5.41, 5.74) is 7.38. The van der Waals surface area contributed by atoms with Gasteiger partial charge in [0.05, 0.1) is 19.3 Å². The van der Waals surface area contributed by atoms with E-state index < -0.39 is 0 Å². The highest BCUT2D eigenvalue weighted by Gasteiger charge is 2.19. The molecule has 0 spiro atoms. The average Bonchev–Trinajstić information content (AvgIpc) is 2.87. The van der Waals surface area contributed by atoms with Crippen molar-refractivity contribution in [1.29, 1.82) is 0 Å². The topological polar surface area (TPSA) is 44.5 Å². The van der Waals surface area contributed by atoms with Crippen molar-refractivity contribution in [2.24, 2.45) is 5.73 Å². The summed E-state index contributed by atoms with van der Waals surface area (Å²) in [6.45, 7) is 5.08. The first-order valence-electron chi connectivity index (χ1n) is 6.65. The lowest BCUT2D eigenvalue weighted by molar-refractivity contribution is 0.287. The van der Waals surface area contributed by atoms with Crippen molar-refractivity contribution >= 4 is 43.2 Å². The third-order valence-electron chi connectivity index (χ3n) is 2.93. The highest BCUT2D eigenvalue weighted by atomic mass is 79.9. The van der Waals surface area contributed by atoms with Crippen molar-refractivity contribution in [3.8, 4) is 11.5 Å². The molecule has 1 unspecified atom stereocenters. The van der Waals surface area contributed by atoms with Crippen LogP contribution in [0.3, 0.4) is 0 Å². The first-order chi connectivity index (χ1) is 10.1. The third-order valence-corrected chi connectivity index (χ3v) is 5.57. The van der Waals surface area contributed by atoms with Gasteiger partial charge >= 0.3 is 0 Å². The van der Waals surface area contributed by atoms with E-state index in [1.807, 2.05) is 37.4 Å². The fourth-order valence-electron chi connectivity index (χ4n) is 1.99. The minimum Gasteiger partial charge on any atom is -0.490 e. The number of benzene rings is 1. The van der Waals surface area contributed by atoms with Gasteiger partial charge in [0, 0.05) is 13.8 Å². The van der Waals surface area contributed by atoms with Gasteiger partial charge in [0.2, 0.25) is 0 Å². The van der Waals surface area contributed by atoms with Crippen molar-refractivity contribution < 1.29 is 9.47 Å². The monoisotopic (exact) mass is 433 g/mol. The zero-order valence-electron chi connectivity index (χ0n) is 11.9. The number of rotatable bonds is 6. The number of hydrogen-bond acceptors (Lipinski definition) is 4. The molecule has 114 valence electrons. The first kappa shape index (κ1) is 16.8. The van der Waals surface area contributed by atoms with Crippen LogP contribution in [-0.4, -0.2) is 13.2 Å². The van der Waals surface area contributed by atoms with Crippen LogP contribution < -0.4 is 15.2 Å². The standard InChI is InChI=1S/C15H17Br2NO2S/c1-3-19-12-7-9(11(17)8-13(12)20-4-2)14(18)15-10(16)5-6-21-15/h5-8,14H,3-4,18H2,1-2H3. The summed E-state index contributed by atoms with van der Waals surface area (Å²) in [4.78, 5) is 1.09. The van der Waals surface area contributed by atoms with E-state index in [0.29, 0.717) is 13.2 Å². The molecule has 1 aromatic carbocycles. The zero-order valence-corrected chi connectivity index (χ0v) is 15.8.